The van der Waals surface area contributed by atoms with Crippen molar-refractivity contribution in [3.8, 4) is 11.5 Å². The molecule has 1 atom stereocenters. The van der Waals surface area contributed by atoms with E-state index in [1.165, 1.54) is 7.11 Å². The van der Waals surface area contributed by atoms with E-state index >= 15 is 0 Å². The van der Waals surface area contributed by atoms with E-state index in [1.54, 1.807) is 24.3 Å². The summed E-state index contributed by atoms with van der Waals surface area (Å²) in [5.74, 6) is 1.63. The van der Waals surface area contributed by atoms with Crippen LogP contribution in [0.15, 0.2) is 78.9 Å². The third-order valence-corrected chi connectivity index (χ3v) is 5.57. The molecule has 36 heavy (non-hydrogen) atoms. The van der Waals surface area contributed by atoms with E-state index in [1.807, 2.05) is 68.4 Å². The smallest absolute Gasteiger partial charge is 0.328 e. The molecule has 4 aromatic rings. The van der Waals surface area contributed by atoms with Crippen molar-refractivity contribution in [1.29, 1.82) is 0 Å². The number of nitrogens with zero attached hydrogens (tertiary/aromatic N) is 2. The van der Waals surface area contributed by atoms with Gasteiger partial charge in [0.1, 0.15) is 23.4 Å². The Morgan fingerprint density at radius 1 is 0.861 bits per heavy atom. The van der Waals surface area contributed by atoms with E-state index in [4.69, 9.17) is 9.47 Å². The fraction of sp³-hybridized carbons (Fsp3) is 0.214. The predicted molar refractivity (Wildman–Crippen MR) is 138 cm³/mol. The van der Waals surface area contributed by atoms with Gasteiger partial charge in [0.15, 0.2) is 5.82 Å². The normalized spacial score (nSPS) is 11.7. The minimum Gasteiger partial charge on any atom is -0.467 e. The molecular weight excluding hydrogens is 456 g/mol. The van der Waals surface area contributed by atoms with Crippen molar-refractivity contribution in [3.63, 3.8) is 0 Å². The second-order valence-corrected chi connectivity index (χ2v) is 8.52. The van der Waals surface area contributed by atoms with Crippen molar-refractivity contribution in [2.45, 2.75) is 26.4 Å². The zero-order valence-electron chi connectivity index (χ0n) is 20.4. The summed E-state index contributed by atoms with van der Waals surface area (Å²) in [7, 11) is 1.36. The first-order valence-electron chi connectivity index (χ1n) is 11.7. The number of para-hydroxylation sites is 2. The minimum atomic E-state index is -0.577. The quantitative estimate of drug-likeness (QED) is 0.324. The lowest BCUT2D eigenvalue weighted by atomic mass is 10.0. The molecule has 0 aliphatic rings. The van der Waals surface area contributed by atoms with E-state index in [-0.39, 0.29) is 24.3 Å². The maximum atomic E-state index is 12.7. The number of carbonyl (C=O) groups is 2. The number of esters is 1. The lowest BCUT2D eigenvalue weighted by Crippen LogP contribution is -2.36. The molecule has 2 N–H and O–H groups in total. The Morgan fingerprint density at radius 3 is 2.22 bits per heavy atom. The van der Waals surface area contributed by atoms with Gasteiger partial charge in [-0.25, -0.2) is 14.8 Å². The van der Waals surface area contributed by atoms with Crippen LogP contribution in [0.5, 0.6) is 11.5 Å². The Balaban J connectivity index is 1.48. The highest BCUT2D eigenvalue weighted by atomic mass is 16.5. The van der Waals surface area contributed by atoms with Crippen LogP contribution in [-0.2, 0) is 16.1 Å². The van der Waals surface area contributed by atoms with Crippen molar-refractivity contribution in [1.82, 2.24) is 15.3 Å². The number of ether oxygens (including phenoxy) is 2. The predicted octanol–water partition coefficient (Wildman–Crippen LogP) is 4.96. The molecular formula is C28H28N4O4. The summed E-state index contributed by atoms with van der Waals surface area (Å²) in [6.45, 7) is 3.97. The van der Waals surface area contributed by atoms with Crippen molar-refractivity contribution < 1.29 is 19.1 Å². The molecule has 4 rings (SSSR count). The first-order chi connectivity index (χ1) is 17.4. The summed E-state index contributed by atoms with van der Waals surface area (Å²) in [6, 6.07) is 23.2. The second kappa shape index (κ2) is 11.3. The van der Waals surface area contributed by atoms with Crippen LogP contribution in [0.2, 0.25) is 0 Å². The van der Waals surface area contributed by atoms with Gasteiger partial charge in [-0.05, 0) is 54.4 Å². The van der Waals surface area contributed by atoms with Crippen LogP contribution in [0, 0.1) is 5.92 Å². The highest BCUT2D eigenvalue weighted by molar-refractivity contribution is 5.94. The first kappa shape index (κ1) is 24.7. The van der Waals surface area contributed by atoms with Crippen LogP contribution in [-0.4, -0.2) is 35.0 Å². The molecule has 0 aliphatic heterocycles. The molecule has 1 aromatic heterocycles. The molecule has 0 radical (unpaired) electrons. The molecule has 0 bridgehead atoms. The van der Waals surface area contributed by atoms with E-state index in [9.17, 15) is 9.59 Å². The molecule has 184 valence electrons. The number of benzene rings is 3. The van der Waals surface area contributed by atoms with E-state index in [0.717, 1.165) is 11.1 Å². The number of fused-ring (bicyclic) bond motifs is 1. The summed E-state index contributed by atoms with van der Waals surface area (Å²) >= 11 is 0. The molecule has 0 fully saturated rings. The third kappa shape index (κ3) is 5.96. The highest BCUT2D eigenvalue weighted by Crippen LogP contribution is 2.23. The number of amides is 1. The number of anilines is 1. The number of aromatic nitrogens is 2. The van der Waals surface area contributed by atoms with Gasteiger partial charge in [-0.15, -0.1) is 0 Å². The maximum Gasteiger partial charge on any atom is 0.328 e. The largest absolute Gasteiger partial charge is 0.467 e. The van der Waals surface area contributed by atoms with Gasteiger partial charge in [0, 0.05) is 10.9 Å². The van der Waals surface area contributed by atoms with Crippen LogP contribution >= 0.6 is 0 Å². The number of methoxy groups -OCH3 is 1. The van der Waals surface area contributed by atoms with E-state index < -0.39 is 6.04 Å². The molecule has 1 heterocycles. The molecule has 3 aromatic carbocycles. The van der Waals surface area contributed by atoms with Crippen molar-refractivity contribution in [2.24, 2.45) is 5.92 Å². The minimum absolute atomic E-state index is 0.0248. The van der Waals surface area contributed by atoms with Gasteiger partial charge >= 0.3 is 5.97 Å². The van der Waals surface area contributed by atoms with Crippen LogP contribution < -0.4 is 15.4 Å². The molecule has 0 saturated carbocycles. The fourth-order valence-electron chi connectivity index (χ4n) is 3.65. The monoisotopic (exact) mass is 484 g/mol. The zero-order chi connectivity index (χ0) is 25.5. The Morgan fingerprint density at radius 2 is 1.53 bits per heavy atom. The summed E-state index contributed by atoms with van der Waals surface area (Å²) in [5.41, 5.74) is 1.19. The summed E-state index contributed by atoms with van der Waals surface area (Å²) in [6.07, 6.45) is 0. The topological polar surface area (TPSA) is 102 Å². The van der Waals surface area contributed by atoms with Gasteiger partial charge in [-0.1, -0.05) is 44.2 Å². The third-order valence-electron chi connectivity index (χ3n) is 5.57. The van der Waals surface area contributed by atoms with Crippen LogP contribution in [0.25, 0.3) is 10.9 Å². The van der Waals surface area contributed by atoms with Crippen molar-refractivity contribution >= 4 is 28.6 Å². The fourth-order valence-corrected chi connectivity index (χ4v) is 3.65. The average molecular weight is 485 g/mol. The average Bonchev–Trinajstić information content (AvgIpc) is 2.90. The van der Waals surface area contributed by atoms with E-state index in [0.29, 0.717) is 28.5 Å². The van der Waals surface area contributed by atoms with Gasteiger partial charge in [0.05, 0.1) is 19.2 Å². The Bertz CT molecular complexity index is 1340. The van der Waals surface area contributed by atoms with Gasteiger partial charge in [-0.3, -0.25) is 4.79 Å². The molecule has 0 spiro atoms. The molecule has 1 amide bonds. The Labute approximate surface area is 209 Å². The number of nitrogens with one attached hydrogen (secondary N) is 2. The van der Waals surface area contributed by atoms with Crippen molar-refractivity contribution in [2.75, 3.05) is 12.4 Å². The van der Waals surface area contributed by atoms with Crippen molar-refractivity contribution in [3.05, 3.63) is 90.3 Å². The van der Waals surface area contributed by atoms with Gasteiger partial charge in [-0.2, -0.15) is 0 Å². The highest BCUT2D eigenvalue weighted by Gasteiger charge is 2.24. The first-order valence-corrected chi connectivity index (χ1v) is 11.7. The number of hydrogen-bond acceptors (Lipinski definition) is 7. The van der Waals surface area contributed by atoms with Crippen LogP contribution in [0.3, 0.4) is 0 Å². The number of carbonyl (C=O) groups excluding carboxylic acids is 2. The molecule has 0 aliphatic carbocycles. The molecule has 8 nitrogen and oxygen atoms in total. The summed E-state index contributed by atoms with van der Waals surface area (Å²) < 4.78 is 10.7. The lowest BCUT2D eigenvalue weighted by molar-refractivity contribution is -0.142. The maximum absolute atomic E-state index is 12.7. The molecule has 0 saturated heterocycles. The van der Waals surface area contributed by atoms with Crippen LogP contribution in [0.4, 0.5) is 5.82 Å². The Kier molecular flexibility index (Phi) is 7.75. The standard InChI is InChI=1S/C28H28N4O4/c1-18(2)25(28(34)35-3)32-26-22-11-7-8-12-23(22)30-24(31-26)17-29-27(33)19-13-15-21(16-14-19)36-20-9-5-4-6-10-20/h4-16,18,25H,17H2,1-3H3,(H,29,33)(H,30,31,32)/t25-/m0/s1. The SMILES string of the molecule is COC(=O)[C@@H](Nc1nc(CNC(=O)c2ccc(Oc3ccccc3)cc2)nc2ccccc12)C(C)C. The second-order valence-electron chi connectivity index (χ2n) is 8.52. The van der Waals surface area contributed by atoms with Gasteiger partial charge < -0.3 is 20.1 Å². The van der Waals surface area contributed by atoms with Gasteiger partial charge in [0.2, 0.25) is 0 Å². The summed E-state index contributed by atoms with van der Waals surface area (Å²) in [5, 5.41) is 6.84. The van der Waals surface area contributed by atoms with Gasteiger partial charge in [0.25, 0.3) is 5.91 Å². The van der Waals surface area contributed by atoms with Crippen LogP contribution in [0.1, 0.15) is 30.0 Å². The molecule has 0 unspecified atom stereocenters. The Hall–Kier alpha value is -4.46. The summed E-state index contributed by atoms with van der Waals surface area (Å²) in [4.78, 5) is 34.2. The number of rotatable bonds is 9. The molecule has 8 heteroatoms. The number of hydrogen-bond donors (Lipinski definition) is 2. The zero-order valence-corrected chi connectivity index (χ0v) is 20.4. The van der Waals surface area contributed by atoms with E-state index in [2.05, 4.69) is 20.6 Å². The lowest BCUT2D eigenvalue weighted by Gasteiger charge is -2.21.